The predicted octanol–water partition coefficient (Wildman–Crippen LogP) is 12.2. The Kier molecular flexibility index (Phi) is 15.0. The van der Waals surface area contributed by atoms with Crippen LogP contribution in [0.25, 0.3) is 0 Å². The van der Waals surface area contributed by atoms with Crippen molar-refractivity contribution in [1.82, 2.24) is 0 Å². The number of aliphatic hydroxyl groups is 1. The Morgan fingerprint density at radius 3 is 0.754 bits per heavy atom. The molecule has 0 radical (unpaired) electrons. The molecule has 0 saturated carbocycles. The maximum Gasteiger partial charge on any atom is 0.438 e. The smallest absolute Gasteiger partial charge is 0.438 e. The molecule has 1 unspecified atom stereocenters. The van der Waals surface area contributed by atoms with Gasteiger partial charge in [0.25, 0.3) is 0 Å². The van der Waals surface area contributed by atoms with E-state index < -0.39 is 138 Å². The van der Waals surface area contributed by atoms with Crippen molar-refractivity contribution in [3.63, 3.8) is 0 Å². The standard InChI is InChI=1S/C25H11F37O3/c1-5(2)7(64)65-4-6(63)3-8(26,27)10(29,30)12(33,34)14(37,38)16(41,42)18(45,46)20(49,50)22(53,54)23(55,56)21(51,52)19(47,48)17(43,44)15(39,40)13(35,36)11(31,32)9(28,24(57,58)59)25(60,61)62/h6,63H,1,3-4H2,2H3. The predicted molar refractivity (Wildman–Crippen MR) is 127 cm³/mol. The average molecular weight is 1060 g/mol. The number of rotatable bonds is 20. The summed E-state index contributed by atoms with van der Waals surface area (Å²) in [6, 6.07) is 0. The number of alkyl halides is 37. The van der Waals surface area contributed by atoms with E-state index in [1.165, 1.54) is 0 Å². The fraction of sp³-hybridized carbons (Fsp3) is 0.880. The third-order valence-electron chi connectivity index (χ3n) is 8.05. The van der Waals surface area contributed by atoms with Gasteiger partial charge in [0.05, 0.1) is 6.10 Å². The molecule has 0 heterocycles. The fourth-order valence-electron chi connectivity index (χ4n) is 4.11. The summed E-state index contributed by atoms with van der Waals surface area (Å²) in [5, 5.41) is 9.15. The lowest BCUT2D eigenvalue weighted by atomic mass is 9.81. The largest absolute Gasteiger partial charge is 0.460 e. The molecule has 0 aromatic heterocycles. The number of halogens is 37. The number of hydrogen-bond acceptors (Lipinski definition) is 3. The summed E-state index contributed by atoms with van der Waals surface area (Å²) in [4.78, 5) is 11.1. The number of hydrogen-bond donors (Lipinski definition) is 1. The minimum Gasteiger partial charge on any atom is -0.460 e. The molecule has 40 heteroatoms. The average Bonchev–Trinajstić information content (AvgIpc) is 3.07. The van der Waals surface area contributed by atoms with Gasteiger partial charge < -0.3 is 9.84 Å². The van der Waals surface area contributed by atoms with Gasteiger partial charge in [0.1, 0.15) is 6.61 Å². The van der Waals surface area contributed by atoms with E-state index >= 15 is 0 Å². The quantitative estimate of drug-likeness (QED) is 0.0751. The zero-order valence-corrected chi connectivity index (χ0v) is 28.9. The van der Waals surface area contributed by atoms with Gasteiger partial charge in [-0.05, 0) is 6.92 Å². The molecule has 388 valence electrons. The first-order valence-electron chi connectivity index (χ1n) is 14.5. The van der Waals surface area contributed by atoms with E-state index in [0.29, 0.717) is 6.92 Å². The summed E-state index contributed by atoms with van der Waals surface area (Å²) in [6.07, 6.45) is -25.2. The van der Waals surface area contributed by atoms with Crippen LogP contribution in [0.1, 0.15) is 13.3 Å². The molecule has 0 rings (SSSR count). The maximum atomic E-state index is 14.1. The Bertz CT molecular complexity index is 1730. The summed E-state index contributed by atoms with van der Waals surface area (Å²) in [6.45, 7) is 1.25. The van der Waals surface area contributed by atoms with Crippen molar-refractivity contribution < 1.29 is 177 Å². The molecule has 0 bridgehead atoms. The van der Waals surface area contributed by atoms with Crippen LogP contribution >= 0.6 is 0 Å². The molecule has 0 aliphatic carbocycles. The van der Waals surface area contributed by atoms with Gasteiger partial charge in [0, 0.05) is 12.0 Å². The van der Waals surface area contributed by atoms with E-state index in [1.54, 1.807) is 0 Å². The maximum absolute atomic E-state index is 14.1. The normalized spacial score (nSPS) is 17.0. The molecular formula is C25H11F37O3. The highest BCUT2D eigenvalue weighted by atomic mass is 19.4. The Morgan fingerprint density at radius 2 is 0.569 bits per heavy atom. The van der Waals surface area contributed by atoms with Gasteiger partial charge in [-0.1, -0.05) is 6.58 Å². The monoisotopic (exact) mass is 1060 g/mol. The van der Waals surface area contributed by atoms with Crippen molar-refractivity contribution in [2.45, 2.75) is 126 Å². The van der Waals surface area contributed by atoms with Crippen LogP contribution in [0, 0.1) is 0 Å². The third kappa shape index (κ3) is 7.77. The zero-order chi connectivity index (χ0) is 53.9. The van der Waals surface area contributed by atoms with Crippen molar-refractivity contribution in [2.24, 2.45) is 0 Å². The van der Waals surface area contributed by atoms with Crippen molar-refractivity contribution in [3.05, 3.63) is 12.2 Å². The Morgan fingerprint density at radius 1 is 0.385 bits per heavy atom. The Balaban J connectivity index is 7.77. The minimum absolute atomic E-state index is 0.673. The summed E-state index contributed by atoms with van der Waals surface area (Å²) in [5.74, 6) is -151. The van der Waals surface area contributed by atoms with Crippen LogP contribution in [0.4, 0.5) is 162 Å². The van der Waals surface area contributed by atoms with Crippen LogP contribution in [0.15, 0.2) is 12.2 Å². The van der Waals surface area contributed by atoms with Crippen molar-refractivity contribution >= 4 is 5.97 Å². The van der Waals surface area contributed by atoms with E-state index in [2.05, 4.69) is 11.3 Å². The lowest BCUT2D eigenvalue weighted by Crippen LogP contribution is -2.81. The van der Waals surface area contributed by atoms with Crippen LogP contribution in [0.5, 0.6) is 0 Å². The lowest BCUT2D eigenvalue weighted by molar-refractivity contribution is -0.494. The van der Waals surface area contributed by atoms with E-state index in [0.717, 1.165) is 0 Å². The second-order valence-electron chi connectivity index (χ2n) is 12.6. The van der Waals surface area contributed by atoms with Crippen molar-refractivity contribution in [1.29, 1.82) is 0 Å². The van der Waals surface area contributed by atoms with Gasteiger partial charge in [-0.25, -0.2) is 9.18 Å². The molecule has 0 aromatic carbocycles. The second kappa shape index (κ2) is 15.8. The highest BCUT2D eigenvalue weighted by Gasteiger charge is 3.03. The molecule has 0 amide bonds. The van der Waals surface area contributed by atoms with Crippen LogP contribution in [-0.2, 0) is 9.53 Å². The van der Waals surface area contributed by atoms with E-state index in [4.69, 9.17) is 5.11 Å². The SMILES string of the molecule is C=C(C)C(=O)OCC(O)CC(F)(F)C(F)(F)C(F)(F)C(F)(F)C(F)(F)C(F)(F)C(F)(F)C(F)(F)C(F)(F)C(F)(F)C(F)(F)C(F)(F)C(F)(F)C(F)(F)C(F)(F)C(F)(C(F)(F)F)C(F)(F)F. The molecule has 1 atom stereocenters. The van der Waals surface area contributed by atoms with Crippen LogP contribution in [0.2, 0.25) is 0 Å². The highest BCUT2D eigenvalue weighted by molar-refractivity contribution is 5.86. The Hall–Kier alpha value is -3.42. The third-order valence-corrected chi connectivity index (χ3v) is 8.05. The molecule has 1 N–H and O–H groups in total. The molecule has 65 heavy (non-hydrogen) atoms. The molecular weight excluding hydrogens is 1050 g/mol. The first kappa shape index (κ1) is 61.6. The number of aliphatic hydroxyl groups excluding tert-OH is 1. The summed E-state index contributed by atoms with van der Waals surface area (Å²) in [7, 11) is 0. The summed E-state index contributed by atoms with van der Waals surface area (Å²) >= 11 is 0. The number of ether oxygens (including phenoxy) is 1. The van der Waals surface area contributed by atoms with Gasteiger partial charge in [0.15, 0.2) is 0 Å². The number of carbonyl (C=O) groups is 1. The van der Waals surface area contributed by atoms with Crippen LogP contribution in [-0.4, -0.2) is 131 Å². The first-order valence-corrected chi connectivity index (χ1v) is 14.5. The topological polar surface area (TPSA) is 46.5 Å². The molecule has 0 aromatic rings. The van der Waals surface area contributed by atoms with E-state index in [1.807, 2.05) is 0 Å². The van der Waals surface area contributed by atoms with Crippen LogP contribution in [0.3, 0.4) is 0 Å². The molecule has 0 saturated heterocycles. The van der Waals surface area contributed by atoms with Gasteiger partial charge in [-0.3, -0.25) is 0 Å². The lowest BCUT2D eigenvalue weighted by Gasteiger charge is -2.47. The fourth-order valence-corrected chi connectivity index (χ4v) is 4.11. The minimum atomic E-state index is -10.5. The summed E-state index contributed by atoms with van der Waals surface area (Å²) in [5.41, 5.74) is -10.3. The zero-order valence-electron chi connectivity index (χ0n) is 28.9. The van der Waals surface area contributed by atoms with Gasteiger partial charge in [0.2, 0.25) is 0 Å². The van der Waals surface area contributed by atoms with Crippen LogP contribution < -0.4 is 0 Å². The first-order chi connectivity index (χ1) is 27.5. The second-order valence-corrected chi connectivity index (χ2v) is 12.6. The van der Waals surface area contributed by atoms with Gasteiger partial charge >= 0.3 is 113 Å². The van der Waals surface area contributed by atoms with Gasteiger partial charge in [-0.2, -0.15) is 158 Å². The van der Waals surface area contributed by atoms with E-state index in [-0.39, 0.29) is 0 Å². The summed E-state index contributed by atoms with van der Waals surface area (Å²) < 4.78 is 512. The molecule has 0 spiro atoms. The van der Waals surface area contributed by atoms with Crippen molar-refractivity contribution in [2.75, 3.05) is 6.61 Å². The Labute approximate surface area is 329 Å². The number of carbonyl (C=O) groups excluding carboxylic acids is 1. The molecule has 3 nitrogen and oxygen atoms in total. The molecule has 0 fully saturated rings. The van der Waals surface area contributed by atoms with E-state index in [9.17, 15) is 167 Å². The van der Waals surface area contributed by atoms with Gasteiger partial charge in [-0.15, -0.1) is 0 Å². The molecule has 0 aliphatic rings. The molecule has 0 aliphatic heterocycles. The highest BCUT2D eigenvalue weighted by Crippen LogP contribution is 2.71. The number of esters is 1. The van der Waals surface area contributed by atoms with Crippen molar-refractivity contribution in [3.8, 4) is 0 Å².